The van der Waals surface area contributed by atoms with Crippen LogP contribution in [0, 0.1) is 0 Å². The molecule has 0 atom stereocenters. The van der Waals surface area contributed by atoms with Crippen molar-refractivity contribution in [1.82, 2.24) is 0 Å². The minimum atomic E-state index is -5.00. The number of hydrogen-bond acceptors (Lipinski definition) is 4. The van der Waals surface area contributed by atoms with Gasteiger partial charge in [0, 0.05) is 34.4 Å². The minimum absolute atomic E-state index is 0. The molecule has 0 bridgehead atoms. The van der Waals surface area contributed by atoms with Gasteiger partial charge in [0.25, 0.3) is 0 Å². The van der Waals surface area contributed by atoms with Gasteiger partial charge < -0.3 is 0 Å². The summed E-state index contributed by atoms with van der Waals surface area (Å²) < 4.78 is 29.5. The molecule has 0 saturated carbocycles. The summed E-state index contributed by atoms with van der Waals surface area (Å²) in [5.41, 5.74) is 0. The van der Waals surface area contributed by atoms with Crippen LogP contribution in [-0.2, 0) is 52.6 Å². The Hall–Kier alpha value is 2.42. The maximum absolute atomic E-state index is 7.38. The molecule has 8 heteroatoms. The van der Waals surface area contributed by atoms with Crippen molar-refractivity contribution in [2.24, 2.45) is 0 Å². The molecule has 0 saturated heterocycles. The fourth-order valence-electron chi connectivity index (χ4n) is 0. The van der Waals surface area contributed by atoms with Crippen LogP contribution in [0.15, 0.2) is 0 Å². The van der Waals surface area contributed by atoms with Gasteiger partial charge >= 0.3 is 57.3 Å². The zero-order chi connectivity index (χ0) is 4.50. The third kappa shape index (κ3) is 79.0. The van der Waals surface area contributed by atoms with Gasteiger partial charge in [0.05, 0.1) is 0 Å². The molecular weight excluding hydrogens is 341 g/mol. The average Bonchev–Trinajstić information content (AvgIpc) is 0.722. The van der Waals surface area contributed by atoms with E-state index in [-0.39, 0.29) is 58.9 Å². The zero-order valence-electron chi connectivity index (χ0n) is 3.78. The first-order valence-corrected chi connectivity index (χ1v) is 3.69. The first-order chi connectivity index (χ1) is 2.00. The summed E-state index contributed by atoms with van der Waals surface area (Å²) in [6, 6.07) is 0. The zero-order valence-corrected chi connectivity index (χ0v) is 11.8. The summed E-state index contributed by atoms with van der Waals surface area (Å²) >= 11 is -5.00. The van der Waals surface area contributed by atoms with E-state index in [9.17, 15) is 0 Å². The first kappa shape index (κ1) is 22.4. The standard InChI is InChI=1S/Cr.Mn.4H2O.Sb.Ti.3H/h;;4*1H2;;;;;/q;;;;;;;+4;;;/p-4. The van der Waals surface area contributed by atoms with Crippen LogP contribution in [-0.4, -0.2) is 39.2 Å². The predicted octanol–water partition coefficient (Wildman–Crippen LogP) is -3.42. The topological polar surface area (TPSA) is 80.9 Å². The van der Waals surface area contributed by atoms with E-state index in [1.54, 1.807) is 0 Å². The summed E-state index contributed by atoms with van der Waals surface area (Å²) in [7, 11) is 0. The molecule has 0 aliphatic carbocycles. The van der Waals surface area contributed by atoms with Crippen molar-refractivity contribution in [2.45, 2.75) is 0 Å². The van der Waals surface area contributed by atoms with Crippen LogP contribution >= 0.6 is 0 Å². The van der Waals surface area contributed by atoms with E-state index in [0.717, 1.165) is 0 Å². The molecule has 53 valence electrons. The van der Waals surface area contributed by atoms with Gasteiger partial charge in [-0.25, -0.2) is 0 Å². The first-order valence-electron chi connectivity index (χ1n) is 0.894. The SMILES string of the molecule is [Cr].[Mn].[OH][Ti]([OH])([OH])[OH].[SbH3]. The van der Waals surface area contributed by atoms with Crippen molar-refractivity contribution >= 4 is 24.4 Å². The summed E-state index contributed by atoms with van der Waals surface area (Å²) in [5.74, 6) is 0. The third-order valence-corrected chi connectivity index (χ3v) is 0. The monoisotopic (exact) mass is 347 g/mol. The Morgan fingerprint density at radius 1 is 0.875 bits per heavy atom. The fraction of sp³-hybridized carbons (Fsp3) is 0. The second-order valence-corrected chi connectivity index (χ2v) is 2.47. The fourth-order valence-corrected chi connectivity index (χ4v) is 0. The molecule has 0 aromatic heterocycles. The molecule has 4 N–H and O–H groups in total. The molecule has 0 heterocycles. The van der Waals surface area contributed by atoms with Gasteiger partial charge in [-0.2, -0.15) is 0 Å². The predicted molar refractivity (Wildman–Crippen MR) is 18.8 cm³/mol. The van der Waals surface area contributed by atoms with E-state index in [2.05, 4.69) is 0 Å². The van der Waals surface area contributed by atoms with Crippen molar-refractivity contribution in [3.63, 3.8) is 0 Å². The quantitative estimate of drug-likeness (QED) is 0.344. The van der Waals surface area contributed by atoms with E-state index < -0.39 is 18.1 Å². The van der Waals surface area contributed by atoms with E-state index in [1.165, 1.54) is 0 Å². The Bertz CT molecular complexity index is 31.5. The van der Waals surface area contributed by atoms with E-state index in [4.69, 9.17) is 14.8 Å². The average molecular weight is 348 g/mol. The van der Waals surface area contributed by atoms with Crippen LogP contribution < -0.4 is 0 Å². The molecule has 1 radical (unpaired) electrons. The molecule has 0 aromatic carbocycles. The van der Waals surface area contributed by atoms with Gasteiger partial charge in [0.1, 0.15) is 0 Å². The second kappa shape index (κ2) is 9.42. The van der Waals surface area contributed by atoms with Gasteiger partial charge in [-0.05, 0) is 0 Å². The van der Waals surface area contributed by atoms with Crippen LogP contribution in [0.3, 0.4) is 0 Å². The van der Waals surface area contributed by atoms with Crippen LogP contribution in [0.5, 0.6) is 0 Å². The second-order valence-electron chi connectivity index (χ2n) is 0.600. The van der Waals surface area contributed by atoms with E-state index in [0.29, 0.717) is 0 Å². The Morgan fingerprint density at radius 2 is 0.875 bits per heavy atom. The van der Waals surface area contributed by atoms with Crippen molar-refractivity contribution < 1.29 is 67.3 Å². The maximum atomic E-state index is 7.38. The molecule has 0 aliphatic heterocycles. The van der Waals surface area contributed by atoms with Crippen molar-refractivity contribution in [1.29, 1.82) is 0 Å². The number of hydrogen-bond donors (Lipinski definition) is 4. The summed E-state index contributed by atoms with van der Waals surface area (Å²) in [6.45, 7) is 0. The molecule has 0 spiro atoms. The summed E-state index contributed by atoms with van der Waals surface area (Å²) in [5, 5.41) is 0. The van der Waals surface area contributed by atoms with Gasteiger partial charge in [0.2, 0.25) is 0 Å². The third-order valence-electron chi connectivity index (χ3n) is 0. The Labute approximate surface area is 90.6 Å². The molecule has 4 nitrogen and oxygen atoms in total. The molecule has 0 aliphatic rings. The molecule has 0 rings (SSSR count). The Morgan fingerprint density at radius 3 is 0.875 bits per heavy atom. The van der Waals surface area contributed by atoms with Crippen molar-refractivity contribution in [3.05, 3.63) is 0 Å². The molecule has 0 unspecified atom stereocenters. The summed E-state index contributed by atoms with van der Waals surface area (Å²) in [4.78, 5) is 0. The van der Waals surface area contributed by atoms with Crippen LogP contribution in [0.4, 0.5) is 0 Å². The van der Waals surface area contributed by atoms with Gasteiger partial charge in [0.15, 0.2) is 0 Å². The van der Waals surface area contributed by atoms with Crippen LogP contribution in [0.2, 0.25) is 0 Å². The molecule has 0 aromatic rings. The Kier molecular flexibility index (Phi) is 26.4. The van der Waals surface area contributed by atoms with E-state index >= 15 is 0 Å². The molecular formula is H7CrMnO4SbTi. The van der Waals surface area contributed by atoms with Gasteiger partial charge in [-0.15, -0.1) is 0 Å². The van der Waals surface area contributed by atoms with E-state index in [1.807, 2.05) is 0 Å². The van der Waals surface area contributed by atoms with Crippen LogP contribution in [0.1, 0.15) is 0 Å². The van der Waals surface area contributed by atoms with Gasteiger partial charge in [-0.3, -0.25) is 0 Å². The van der Waals surface area contributed by atoms with Gasteiger partial charge in [-0.1, -0.05) is 0 Å². The Balaban J connectivity index is -0.0000000267. The van der Waals surface area contributed by atoms with Crippen LogP contribution in [0.25, 0.3) is 0 Å². The molecule has 0 fully saturated rings. The summed E-state index contributed by atoms with van der Waals surface area (Å²) in [6.07, 6.45) is 0. The molecule has 8 heavy (non-hydrogen) atoms. The van der Waals surface area contributed by atoms with Crippen molar-refractivity contribution in [2.75, 3.05) is 0 Å². The number of rotatable bonds is 0. The van der Waals surface area contributed by atoms with Crippen molar-refractivity contribution in [3.8, 4) is 0 Å². The normalized spacial score (nSPS) is 7.50. The molecule has 0 amide bonds.